The van der Waals surface area contributed by atoms with Crippen molar-refractivity contribution in [2.45, 2.75) is 31.7 Å². The maximum absolute atomic E-state index is 12.2. The number of hydrogen-bond donors (Lipinski definition) is 1. The number of sulfonamides is 1. The van der Waals surface area contributed by atoms with Crippen molar-refractivity contribution in [3.63, 3.8) is 0 Å². The molecule has 94 valence electrons. The minimum atomic E-state index is -3.63. The third-order valence-corrected chi connectivity index (χ3v) is 5.01. The van der Waals surface area contributed by atoms with Gasteiger partial charge in [-0.05, 0) is 31.8 Å². The number of allylic oxidation sites excluding steroid dienone is 3. The first-order chi connectivity index (χ1) is 8.03. The summed E-state index contributed by atoms with van der Waals surface area (Å²) < 4.78 is 25.6. The summed E-state index contributed by atoms with van der Waals surface area (Å²) >= 11 is 0. The maximum Gasteiger partial charge on any atom is 0.322 e. The summed E-state index contributed by atoms with van der Waals surface area (Å²) in [7, 11) is -3.63. The zero-order valence-electron chi connectivity index (χ0n) is 9.37. The Hall–Kier alpha value is -1.14. The van der Waals surface area contributed by atoms with Crippen LogP contribution >= 0.6 is 0 Å². The van der Waals surface area contributed by atoms with E-state index in [0.717, 1.165) is 10.7 Å². The minimum Gasteiger partial charge on any atom is -0.480 e. The van der Waals surface area contributed by atoms with Gasteiger partial charge in [-0.2, -0.15) is 4.31 Å². The van der Waals surface area contributed by atoms with Gasteiger partial charge in [0.25, 0.3) is 0 Å². The molecule has 5 nitrogen and oxygen atoms in total. The first-order valence-corrected chi connectivity index (χ1v) is 7.09. The third-order valence-electron chi connectivity index (χ3n) is 3.06. The van der Waals surface area contributed by atoms with E-state index in [4.69, 9.17) is 5.11 Å². The van der Waals surface area contributed by atoms with Gasteiger partial charge in [-0.25, -0.2) is 8.42 Å². The fraction of sp³-hybridized carbons (Fsp3) is 0.545. The van der Waals surface area contributed by atoms with E-state index >= 15 is 0 Å². The normalized spacial score (nSPS) is 25.9. The van der Waals surface area contributed by atoms with Crippen molar-refractivity contribution in [2.24, 2.45) is 0 Å². The maximum atomic E-state index is 12.2. The van der Waals surface area contributed by atoms with Gasteiger partial charge >= 0.3 is 5.97 Å². The Morgan fingerprint density at radius 1 is 1.41 bits per heavy atom. The van der Waals surface area contributed by atoms with E-state index in [2.05, 4.69) is 0 Å². The highest BCUT2D eigenvalue weighted by atomic mass is 32.2. The van der Waals surface area contributed by atoms with Crippen molar-refractivity contribution >= 4 is 16.0 Å². The Labute approximate surface area is 100 Å². The Morgan fingerprint density at radius 2 is 2.18 bits per heavy atom. The standard InChI is InChI=1S/C11H15NO4S/c13-11(14)10-7-4-8-12(10)17(15,16)9-5-2-1-3-6-9/h2,5-6,10H,1,3-4,7-8H2,(H,13,14). The van der Waals surface area contributed by atoms with E-state index in [0.29, 0.717) is 25.8 Å². The third kappa shape index (κ3) is 2.28. The summed E-state index contributed by atoms with van der Waals surface area (Å²) in [6, 6.07) is -0.906. The predicted molar refractivity (Wildman–Crippen MR) is 62.7 cm³/mol. The summed E-state index contributed by atoms with van der Waals surface area (Å²) in [6.07, 6.45) is 7.55. The summed E-state index contributed by atoms with van der Waals surface area (Å²) in [6.45, 7) is 0.296. The number of hydrogen-bond acceptors (Lipinski definition) is 3. The van der Waals surface area contributed by atoms with Crippen molar-refractivity contribution in [3.8, 4) is 0 Å². The molecule has 2 aliphatic rings. The number of nitrogens with zero attached hydrogens (tertiary/aromatic N) is 1. The first kappa shape index (κ1) is 12.3. The smallest absolute Gasteiger partial charge is 0.322 e. The van der Waals surface area contributed by atoms with E-state index in [1.54, 1.807) is 18.2 Å². The molecule has 1 aliphatic carbocycles. The molecule has 0 radical (unpaired) electrons. The van der Waals surface area contributed by atoms with E-state index < -0.39 is 22.0 Å². The molecule has 1 heterocycles. The van der Waals surface area contributed by atoms with E-state index in [1.807, 2.05) is 0 Å². The van der Waals surface area contributed by atoms with Crippen molar-refractivity contribution in [1.29, 1.82) is 0 Å². The number of carboxylic acid groups (broad SMARTS) is 1. The summed E-state index contributed by atoms with van der Waals surface area (Å²) in [5.41, 5.74) is 0. The fourth-order valence-electron chi connectivity index (χ4n) is 2.19. The molecule has 1 saturated heterocycles. The average Bonchev–Trinajstić information content (AvgIpc) is 2.80. The lowest BCUT2D eigenvalue weighted by atomic mass is 10.2. The van der Waals surface area contributed by atoms with Crippen molar-refractivity contribution in [2.75, 3.05) is 6.54 Å². The quantitative estimate of drug-likeness (QED) is 0.821. The van der Waals surface area contributed by atoms with Crippen LogP contribution in [0.3, 0.4) is 0 Å². The van der Waals surface area contributed by atoms with Gasteiger partial charge < -0.3 is 5.11 Å². The number of carbonyl (C=O) groups is 1. The van der Waals surface area contributed by atoms with Gasteiger partial charge in [0.05, 0.1) is 4.91 Å². The molecule has 1 unspecified atom stereocenters. The van der Waals surface area contributed by atoms with Crippen LogP contribution in [0.1, 0.15) is 25.7 Å². The zero-order chi connectivity index (χ0) is 12.5. The molecule has 1 atom stereocenters. The van der Waals surface area contributed by atoms with Crippen LogP contribution in [-0.2, 0) is 14.8 Å². The van der Waals surface area contributed by atoms with Gasteiger partial charge in [0.1, 0.15) is 6.04 Å². The monoisotopic (exact) mass is 257 g/mol. The molecule has 0 saturated carbocycles. The number of carboxylic acids is 1. The SMILES string of the molecule is O=C(O)C1CCCN1S(=O)(=O)C1=CCCC=C1. The van der Waals surface area contributed by atoms with Gasteiger partial charge in [0.2, 0.25) is 10.0 Å². The van der Waals surface area contributed by atoms with E-state index in [-0.39, 0.29) is 4.91 Å². The molecule has 2 rings (SSSR count). The van der Waals surface area contributed by atoms with Crippen LogP contribution in [0.4, 0.5) is 0 Å². The Bertz CT molecular complexity index is 478. The molecule has 1 fully saturated rings. The minimum absolute atomic E-state index is 0.233. The lowest BCUT2D eigenvalue weighted by Crippen LogP contribution is -2.40. The highest BCUT2D eigenvalue weighted by molar-refractivity contribution is 7.93. The van der Waals surface area contributed by atoms with Gasteiger partial charge in [-0.15, -0.1) is 0 Å². The topological polar surface area (TPSA) is 74.7 Å². The van der Waals surface area contributed by atoms with Gasteiger partial charge in [-0.1, -0.05) is 12.2 Å². The molecule has 0 aromatic rings. The lowest BCUT2D eigenvalue weighted by molar-refractivity contribution is -0.140. The fourth-order valence-corrected chi connectivity index (χ4v) is 3.96. The van der Waals surface area contributed by atoms with Crippen LogP contribution in [0.25, 0.3) is 0 Å². The Kier molecular flexibility index (Phi) is 3.35. The van der Waals surface area contributed by atoms with Crippen LogP contribution in [0.15, 0.2) is 23.1 Å². The molecule has 6 heteroatoms. The van der Waals surface area contributed by atoms with Crippen LogP contribution in [0.2, 0.25) is 0 Å². The Morgan fingerprint density at radius 3 is 2.76 bits per heavy atom. The molecule has 1 aliphatic heterocycles. The van der Waals surface area contributed by atoms with Crippen LogP contribution in [0, 0.1) is 0 Å². The molecular weight excluding hydrogens is 242 g/mol. The molecule has 0 bridgehead atoms. The molecular formula is C11H15NO4S. The Balaban J connectivity index is 2.29. The second-order valence-electron chi connectivity index (χ2n) is 4.20. The highest BCUT2D eigenvalue weighted by Gasteiger charge is 2.39. The molecule has 1 N–H and O–H groups in total. The zero-order valence-corrected chi connectivity index (χ0v) is 10.2. The van der Waals surface area contributed by atoms with E-state index in [9.17, 15) is 13.2 Å². The lowest BCUT2D eigenvalue weighted by Gasteiger charge is -2.22. The van der Waals surface area contributed by atoms with Crippen LogP contribution < -0.4 is 0 Å². The summed E-state index contributed by atoms with van der Waals surface area (Å²) in [5.74, 6) is -1.06. The van der Waals surface area contributed by atoms with Crippen molar-refractivity contribution < 1.29 is 18.3 Å². The molecule has 17 heavy (non-hydrogen) atoms. The first-order valence-electron chi connectivity index (χ1n) is 5.65. The number of aliphatic carboxylic acids is 1. The van der Waals surface area contributed by atoms with Crippen molar-refractivity contribution in [3.05, 3.63) is 23.1 Å². The molecule has 0 aromatic carbocycles. The van der Waals surface area contributed by atoms with Crippen LogP contribution in [-0.4, -0.2) is 36.4 Å². The largest absolute Gasteiger partial charge is 0.480 e. The molecule has 0 spiro atoms. The van der Waals surface area contributed by atoms with E-state index in [1.165, 1.54) is 0 Å². The van der Waals surface area contributed by atoms with Crippen LogP contribution in [0.5, 0.6) is 0 Å². The summed E-state index contributed by atoms with van der Waals surface area (Å²) in [4.78, 5) is 11.2. The van der Waals surface area contributed by atoms with Gasteiger partial charge in [-0.3, -0.25) is 4.79 Å². The average molecular weight is 257 g/mol. The highest BCUT2D eigenvalue weighted by Crippen LogP contribution is 2.27. The van der Waals surface area contributed by atoms with Gasteiger partial charge in [0, 0.05) is 6.54 Å². The summed E-state index contributed by atoms with van der Waals surface area (Å²) in [5, 5.41) is 9.00. The second-order valence-corrected chi connectivity index (χ2v) is 6.09. The molecule has 0 aromatic heterocycles. The predicted octanol–water partition coefficient (Wildman–Crippen LogP) is 1.10. The molecule has 0 amide bonds. The second kappa shape index (κ2) is 4.62. The van der Waals surface area contributed by atoms with Crippen molar-refractivity contribution in [1.82, 2.24) is 4.31 Å². The van der Waals surface area contributed by atoms with Gasteiger partial charge in [0.15, 0.2) is 0 Å². The number of rotatable bonds is 3.